The first-order chi connectivity index (χ1) is 9.11. The van der Waals surface area contributed by atoms with Gasteiger partial charge in [0.1, 0.15) is 0 Å². The molecule has 20 heavy (non-hydrogen) atoms. The molecule has 0 unspecified atom stereocenters. The van der Waals surface area contributed by atoms with Crippen molar-refractivity contribution in [3.8, 4) is 11.8 Å². The zero-order valence-corrected chi connectivity index (χ0v) is 12.8. The fraction of sp³-hybridized carbons (Fsp3) is 0.615. The standard InChI is InChI=1S/C13H22N4O3/c1-12(2,13(3,4)14)10(18)17-11-15-8(19-5)7-9(16-11)20-6/h7H,14H2,1-6H3,(H,15,16,17,18). The number of carbonyl (C=O) groups is 1. The second-order valence-electron chi connectivity index (χ2n) is 5.58. The maximum atomic E-state index is 12.3. The Morgan fingerprint density at radius 2 is 1.60 bits per heavy atom. The van der Waals surface area contributed by atoms with Gasteiger partial charge in [0.2, 0.25) is 23.6 Å². The summed E-state index contributed by atoms with van der Waals surface area (Å²) < 4.78 is 10.0. The molecule has 0 aliphatic rings. The Morgan fingerprint density at radius 3 is 1.95 bits per heavy atom. The Labute approximate surface area is 118 Å². The number of nitrogens with one attached hydrogen (secondary N) is 1. The fourth-order valence-electron chi connectivity index (χ4n) is 1.22. The number of anilines is 1. The number of hydrogen-bond acceptors (Lipinski definition) is 6. The Kier molecular flexibility index (Phi) is 4.54. The number of carbonyl (C=O) groups excluding carboxylic acids is 1. The smallest absolute Gasteiger partial charge is 0.236 e. The summed E-state index contributed by atoms with van der Waals surface area (Å²) in [6, 6.07) is 1.52. The molecule has 1 rings (SSSR count). The number of nitrogens with two attached hydrogens (primary N) is 1. The SMILES string of the molecule is COc1cc(OC)nc(NC(=O)C(C)(C)C(C)(C)N)n1. The van der Waals surface area contributed by atoms with E-state index in [2.05, 4.69) is 15.3 Å². The molecule has 112 valence electrons. The maximum absolute atomic E-state index is 12.3. The maximum Gasteiger partial charge on any atom is 0.236 e. The lowest BCUT2D eigenvalue weighted by atomic mass is 9.74. The van der Waals surface area contributed by atoms with Crippen molar-refractivity contribution >= 4 is 11.9 Å². The second kappa shape index (κ2) is 5.62. The average molecular weight is 282 g/mol. The average Bonchev–Trinajstić information content (AvgIpc) is 2.36. The first kappa shape index (κ1) is 16.2. The van der Waals surface area contributed by atoms with Gasteiger partial charge in [-0.3, -0.25) is 10.1 Å². The number of ether oxygens (including phenoxy) is 2. The van der Waals surface area contributed by atoms with E-state index in [1.54, 1.807) is 27.7 Å². The van der Waals surface area contributed by atoms with Crippen molar-refractivity contribution < 1.29 is 14.3 Å². The van der Waals surface area contributed by atoms with Crippen molar-refractivity contribution in [1.82, 2.24) is 9.97 Å². The number of nitrogens with zero attached hydrogens (tertiary/aromatic N) is 2. The van der Waals surface area contributed by atoms with Gasteiger partial charge in [-0.25, -0.2) is 0 Å². The van der Waals surface area contributed by atoms with Crippen LogP contribution in [0.2, 0.25) is 0 Å². The highest BCUT2D eigenvalue weighted by molar-refractivity contribution is 5.94. The summed E-state index contributed by atoms with van der Waals surface area (Å²) in [6.07, 6.45) is 0. The van der Waals surface area contributed by atoms with Crippen LogP contribution >= 0.6 is 0 Å². The number of aromatic nitrogens is 2. The number of rotatable bonds is 5. The first-order valence-corrected chi connectivity index (χ1v) is 6.19. The zero-order chi connectivity index (χ0) is 15.6. The minimum atomic E-state index is -0.799. The van der Waals surface area contributed by atoms with E-state index in [0.29, 0.717) is 11.8 Å². The molecule has 0 aromatic carbocycles. The Hall–Kier alpha value is -1.89. The van der Waals surface area contributed by atoms with Crippen LogP contribution in [-0.2, 0) is 4.79 Å². The molecule has 0 saturated carbocycles. The third-order valence-electron chi connectivity index (χ3n) is 3.50. The summed E-state index contributed by atoms with van der Waals surface area (Å²) in [5.41, 5.74) is 4.54. The highest BCUT2D eigenvalue weighted by atomic mass is 16.5. The van der Waals surface area contributed by atoms with Gasteiger partial charge < -0.3 is 15.2 Å². The Bertz CT molecular complexity index is 473. The third kappa shape index (κ3) is 3.36. The van der Waals surface area contributed by atoms with Gasteiger partial charge in [-0.2, -0.15) is 9.97 Å². The van der Waals surface area contributed by atoms with Crippen LogP contribution < -0.4 is 20.5 Å². The van der Waals surface area contributed by atoms with Gasteiger partial charge in [0.25, 0.3) is 0 Å². The van der Waals surface area contributed by atoms with Crippen LogP contribution in [0.4, 0.5) is 5.95 Å². The van der Waals surface area contributed by atoms with Crippen molar-refractivity contribution in [3.05, 3.63) is 6.07 Å². The molecule has 0 fully saturated rings. The largest absolute Gasteiger partial charge is 0.481 e. The molecule has 0 spiro atoms. The van der Waals surface area contributed by atoms with E-state index in [1.807, 2.05) is 0 Å². The number of amides is 1. The van der Waals surface area contributed by atoms with Gasteiger partial charge >= 0.3 is 0 Å². The summed E-state index contributed by atoms with van der Waals surface area (Å²) >= 11 is 0. The summed E-state index contributed by atoms with van der Waals surface area (Å²) in [5, 5.41) is 2.64. The summed E-state index contributed by atoms with van der Waals surface area (Å²) in [5.74, 6) is 0.442. The highest BCUT2D eigenvalue weighted by Crippen LogP contribution is 2.29. The van der Waals surface area contributed by atoms with Crippen molar-refractivity contribution in [2.45, 2.75) is 33.2 Å². The molecule has 7 heteroatoms. The molecule has 0 radical (unpaired) electrons. The third-order valence-corrected chi connectivity index (χ3v) is 3.50. The van der Waals surface area contributed by atoms with Crippen LogP contribution in [0.25, 0.3) is 0 Å². The predicted molar refractivity (Wildman–Crippen MR) is 75.8 cm³/mol. The predicted octanol–water partition coefficient (Wildman–Crippen LogP) is 1.20. The fourth-order valence-corrected chi connectivity index (χ4v) is 1.22. The van der Waals surface area contributed by atoms with E-state index in [9.17, 15) is 4.79 Å². The molecule has 1 aromatic rings. The zero-order valence-electron chi connectivity index (χ0n) is 12.8. The molecule has 0 bridgehead atoms. The van der Waals surface area contributed by atoms with Crippen molar-refractivity contribution in [3.63, 3.8) is 0 Å². The van der Waals surface area contributed by atoms with Crippen LogP contribution in [-0.4, -0.2) is 35.6 Å². The summed E-state index contributed by atoms with van der Waals surface area (Å²) in [4.78, 5) is 20.4. The van der Waals surface area contributed by atoms with E-state index in [-0.39, 0.29) is 11.9 Å². The molecule has 1 heterocycles. The minimum Gasteiger partial charge on any atom is -0.481 e. The lowest BCUT2D eigenvalue weighted by Crippen LogP contribution is -2.53. The molecule has 3 N–H and O–H groups in total. The van der Waals surface area contributed by atoms with E-state index >= 15 is 0 Å². The van der Waals surface area contributed by atoms with Crippen molar-refractivity contribution in [1.29, 1.82) is 0 Å². The molecule has 7 nitrogen and oxygen atoms in total. The molecule has 0 atom stereocenters. The summed E-state index contributed by atoms with van der Waals surface area (Å²) in [6.45, 7) is 7.11. The highest BCUT2D eigenvalue weighted by Gasteiger charge is 2.40. The number of methoxy groups -OCH3 is 2. The van der Waals surface area contributed by atoms with E-state index in [0.717, 1.165) is 0 Å². The number of hydrogen-bond donors (Lipinski definition) is 2. The first-order valence-electron chi connectivity index (χ1n) is 6.19. The molecule has 0 aliphatic carbocycles. The van der Waals surface area contributed by atoms with Crippen molar-refractivity contribution in [2.75, 3.05) is 19.5 Å². The molecule has 1 aromatic heterocycles. The monoisotopic (exact) mass is 282 g/mol. The van der Waals surface area contributed by atoms with Crippen LogP contribution in [0, 0.1) is 5.41 Å². The van der Waals surface area contributed by atoms with Crippen LogP contribution in [0.5, 0.6) is 11.8 Å². The van der Waals surface area contributed by atoms with E-state index < -0.39 is 11.0 Å². The van der Waals surface area contributed by atoms with Crippen molar-refractivity contribution in [2.24, 2.45) is 11.1 Å². The van der Waals surface area contributed by atoms with Gasteiger partial charge in [0, 0.05) is 5.54 Å². The lowest BCUT2D eigenvalue weighted by Gasteiger charge is -2.36. The quantitative estimate of drug-likeness (QED) is 0.841. The van der Waals surface area contributed by atoms with E-state index in [4.69, 9.17) is 15.2 Å². The molecular formula is C13H22N4O3. The molecule has 1 amide bonds. The second-order valence-corrected chi connectivity index (χ2v) is 5.58. The Morgan fingerprint density at radius 1 is 1.15 bits per heavy atom. The minimum absolute atomic E-state index is 0.114. The molecular weight excluding hydrogens is 260 g/mol. The summed E-state index contributed by atoms with van der Waals surface area (Å²) in [7, 11) is 2.95. The van der Waals surface area contributed by atoms with Gasteiger partial charge in [-0.15, -0.1) is 0 Å². The topological polar surface area (TPSA) is 99.4 Å². The van der Waals surface area contributed by atoms with Gasteiger partial charge in [0.15, 0.2) is 0 Å². The normalized spacial score (nSPS) is 11.9. The molecule has 0 aliphatic heterocycles. The van der Waals surface area contributed by atoms with Gasteiger partial charge in [-0.05, 0) is 27.7 Å². The molecule has 0 saturated heterocycles. The van der Waals surface area contributed by atoms with Crippen LogP contribution in [0.3, 0.4) is 0 Å². The lowest BCUT2D eigenvalue weighted by molar-refractivity contribution is -0.126. The Balaban J connectivity index is 3.02. The van der Waals surface area contributed by atoms with Gasteiger partial charge in [-0.1, -0.05) is 0 Å². The van der Waals surface area contributed by atoms with E-state index in [1.165, 1.54) is 20.3 Å². The van der Waals surface area contributed by atoms with Gasteiger partial charge in [0.05, 0.1) is 25.7 Å². The van der Waals surface area contributed by atoms with Crippen LogP contribution in [0.1, 0.15) is 27.7 Å². The van der Waals surface area contributed by atoms with Crippen LogP contribution in [0.15, 0.2) is 6.07 Å².